The van der Waals surface area contributed by atoms with E-state index in [4.69, 9.17) is 9.72 Å². The molecule has 170 valence electrons. The molecule has 0 saturated carbocycles. The Balaban J connectivity index is 1.46. The maximum Gasteiger partial charge on any atom is 0.338 e. The molecule has 1 aliphatic heterocycles. The van der Waals surface area contributed by atoms with E-state index in [0.29, 0.717) is 34.5 Å². The highest BCUT2D eigenvalue weighted by atomic mass is 32.2. The second kappa shape index (κ2) is 10.7. The standard InChI is InChI=1S/C24H23N3O4S2/c1-2-31-23(30)17-8-10-18(11-9-17)25-20(28)15-33-24-26-19-12-13-32-21(19)22(29)27(24)14-16-6-4-3-5-7-16/h3-11H,2,12-15H2,1H3,(H,25,28). The number of aryl methyl sites for hydroxylation is 1. The van der Waals surface area contributed by atoms with E-state index < -0.39 is 5.97 Å². The Morgan fingerprint density at radius 3 is 2.64 bits per heavy atom. The van der Waals surface area contributed by atoms with Gasteiger partial charge in [-0.3, -0.25) is 14.2 Å². The molecule has 0 saturated heterocycles. The second-order valence-electron chi connectivity index (χ2n) is 7.28. The summed E-state index contributed by atoms with van der Waals surface area (Å²) in [7, 11) is 0. The molecule has 3 aromatic rings. The molecule has 0 unspecified atom stereocenters. The van der Waals surface area contributed by atoms with Crippen molar-refractivity contribution >= 4 is 41.1 Å². The van der Waals surface area contributed by atoms with Crippen LogP contribution in [-0.4, -0.2) is 39.5 Å². The molecular weight excluding hydrogens is 458 g/mol. The van der Waals surface area contributed by atoms with E-state index >= 15 is 0 Å². The number of rotatable bonds is 8. The minimum atomic E-state index is -0.400. The molecule has 0 fully saturated rings. The van der Waals surface area contributed by atoms with Crippen LogP contribution in [0.25, 0.3) is 0 Å². The summed E-state index contributed by atoms with van der Waals surface area (Å²) in [6, 6.07) is 16.3. The fraction of sp³-hybridized carbons (Fsp3) is 0.250. The summed E-state index contributed by atoms with van der Waals surface area (Å²) in [5, 5.41) is 3.35. The molecule has 7 nitrogen and oxygen atoms in total. The lowest BCUT2D eigenvalue weighted by molar-refractivity contribution is -0.113. The van der Waals surface area contributed by atoms with Gasteiger partial charge in [-0.25, -0.2) is 9.78 Å². The van der Waals surface area contributed by atoms with Crippen LogP contribution in [0.4, 0.5) is 5.69 Å². The summed E-state index contributed by atoms with van der Waals surface area (Å²) in [4.78, 5) is 42.8. The smallest absolute Gasteiger partial charge is 0.338 e. The van der Waals surface area contributed by atoms with Crippen LogP contribution in [0.1, 0.15) is 28.5 Å². The first-order valence-corrected chi connectivity index (χ1v) is 12.5. The number of fused-ring (bicyclic) bond motifs is 1. The zero-order chi connectivity index (χ0) is 23.2. The van der Waals surface area contributed by atoms with E-state index in [2.05, 4.69) is 5.32 Å². The molecule has 1 N–H and O–H groups in total. The second-order valence-corrected chi connectivity index (χ2v) is 9.33. The van der Waals surface area contributed by atoms with Crippen molar-refractivity contribution in [3.05, 3.63) is 81.8 Å². The summed E-state index contributed by atoms with van der Waals surface area (Å²) in [5.41, 5.74) is 2.76. The largest absolute Gasteiger partial charge is 0.462 e. The number of hydrogen-bond donors (Lipinski definition) is 1. The molecule has 4 rings (SSSR count). The topological polar surface area (TPSA) is 90.3 Å². The lowest BCUT2D eigenvalue weighted by Gasteiger charge is -2.14. The lowest BCUT2D eigenvalue weighted by Crippen LogP contribution is -2.26. The van der Waals surface area contributed by atoms with Crippen molar-refractivity contribution in [1.29, 1.82) is 0 Å². The first-order valence-electron chi connectivity index (χ1n) is 10.6. The Kier molecular flexibility index (Phi) is 7.51. The van der Waals surface area contributed by atoms with E-state index in [9.17, 15) is 14.4 Å². The molecule has 0 spiro atoms. The van der Waals surface area contributed by atoms with Gasteiger partial charge in [0, 0.05) is 17.9 Å². The van der Waals surface area contributed by atoms with E-state index in [1.807, 2.05) is 30.3 Å². The van der Waals surface area contributed by atoms with Gasteiger partial charge in [-0.05, 0) is 36.8 Å². The first-order chi connectivity index (χ1) is 16.0. The minimum absolute atomic E-state index is 0.0520. The summed E-state index contributed by atoms with van der Waals surface area (Å²) < 4.78 is 6.62. The Morgan fingerprint density at radius 2 is 1.91 bits per heavy atom. The van der Waals surface area contributed by atoms with E-state index in [-0.39, 0.29) is 17.2 Å². The van der Waals surface area contributed by atoms with Crippen LogP contribution >= 0.6 is 23.5 Å². The fourth-order valence-corrected chi connectivity index (χ4v) is 5.23. The van der Waals surface area contributed by atoms with Gasteiger partial charge in [0.2, 0.25) is 5.91 Å². The highest BCUT2D eigenvalue weighted by molar-refractivity contribution is 8.00. The van der Waals surface area contributed by atoms with Gasteiger partial charge in [0.05, 0.1) is 35.1 Å². The number of hydrogen-bond acceptors (Lipinski definition) is 7. The average Bonchev–Trinajstić information content (AvgIpc) is 3.30. The summed E-state index contributed by atoms with van der Waals surface area (Å²) in [6.45, 7) is 2.46. The number of nitrogens with zero attached hydrogens (tertiary/aromatic N) is 2. The number of esters is 1. The van der Waals surface area contributed by atoms with Gasteiger partial charge < -0.3 is 10.1 Å². The maximum absolute atomic E-state index is 13.1. The number of ether oxygens (including phenoxy) is 1. The van der Waals surface area contributed by atoms with Crippen molar-refractivity contribution in [2.75, 3.05) is 23.4 Å². The van der Waals surface area contributed by atoms with E-state index in [0.717, 1.165) is 23.4 Å². The third kappa shape index (κ3) is 5.66. The van der Waals surface area contributed by atoms with Crippen molar-refractivity contribution in [3.8, 4) is 0 Å². The summed E-state index contributed by atoms with van der Waals surface area (Å²) in [6.07, 6.45) is 0.758. The van der Waals surface area contributed by atoms with Crippen molar-refractivity contribution in [2.24, 2.45) is 0 Å². The highest BCUT2D eigenvalue weighted by Gasteiger charge is 2.22. The first kappa shape index (κ1) is 23.1. The third-order valence-electron chi connectivity index (χ3n) is 4.94. The molecular formula is C24H23N3O4S2. The Labute approximate surface area is 200 Å². The van der Waals surface area contributed by atoms with E-state index in [1.165, 1.54) is 11.8 Å². The summed E-state index contributed by atoms with van der Waals surface area (Å²) >= 11 is 2.79. The number of benzene rings is 2. The van der Waals surface area contributed by atoms with E-state index in [1.54, 1.807) is 47.5 Å². The normalized spacial score (nSPS) is 12.3. The molecule has 1 aliphatic rings. The third-order valence-corrected chi connectivity index (χ3v) is 7.03. The number of anilines is 1. The molecule has 0 radical (unpaired) electrons. The van der Waals surface area contributed by atoms with Crippen LogP contribution in [0.3, 0.4) is 0 Å². The van der Waals surface area contributed by atoms with Gasteiger partial charge in [0.15, 0.2) is 5.16 Å². The van der Waals surface area contributed by atoms with Crippen LogP contribution in [0.5, 0.6) is 0 Å². The molecule has 33 heavy (non-hydrogen) atoms. The van der Waals surface area contributed by atoms with Crippen molar-refractivity contribution in [2.45, 2.75) is 29.9 Å². The van der Waals surface area contributed by atoms with Crippen molar-refractivity contribution < 1.29 is 14.3 Å². The molecule has 1 amide bonds. The molecule has 2 heterocycles. The predicted molar refractivity (Wildman–Crippen MR) is 130 cm³/mol. The summed E-state index contributed by atoms with van der Waals surface area (Å²) in [5.74, 6) is 0.328. The monoisotopic (exact) mass is 481 g/mol. The molecule has 9 heteroatoms. The molecule has 0 bridgehead atoms. The molecule has 0 atom stereocenters. The van der Waals surface area contributed by atoms with Gasteiger partial charge >= 0.3 is 5.97 Å². The average molecular weight is 482 g/mol. The number of aromatic nitrogens is 2. The number of nitrogens with one attached hydrogen (secondary N) is 1. The predicted octanol–water partition coefficient (Wildman–Crippen LogP) is 3.85. The Hall–Kier alpha value is -3.04. The van der Waals surface area contributed by atoms with Gasteiger partial charge in [-0.2, -0.15) is 0 Å². The highest BCUT2D eigenvalue weighted by Crippen LogP contribution is 2.29. The van der Waals surface area contributed by atoms with Crippen LogP contribution in [0, 0.1) is 0 Å². The SMILES string of the molecule is CCOC(=O)c1ccc(NC(=O)CSc2nc3c(c(=O)n2Cc2ccccc2)SCC3)cc1. The van der Waals surface area contributed by atoms with Gasteiger partial charge in [-0.1, -0.05) is 42.1 Å². The molecule has 1 aromatic heterocycles. The quantitative estimate of drug-likeness (QED) is 0.297. The van der Waals surface area contributed by atoms with Crippen molar-refractivity contribution in [3.63, 3.8) is 0 Å². The van der Waals surface area contributed by atoms with Gasteiger partial charge in [-0.15, -0.1) is 11.8 Å². The van der Waals surface area contributed by atoms with Crippen LogP contribution in [0.2, 0.25) is 0 Å². The van der Waals surface area contributed by atoms with Crippen LogP contribution < -0.4 is 10.9 Å². The Morgan fingerprint density at radius 1 is 1.15 bits per heavy atom. The van der Waals surface area contributed by atoms with Crippen molar-refractivity contribution in [1.82, 2.24) is 9.55 Å². The maximum atomic E-state index is 13.1. The number of thioether (sulfide) groups is 2. The number of carbonyl (C=O) groups is 2. The Bertz CT molecular complexity index is 1210. The number of amides is 1. The lowest BCUT2D eigenvalue weighted by atomic mass is 10.2. The van der Waals surface area contributed by atoms with Gasteiger partial charge in [0.1, 0.15) is 0 Å². The fourth-order valence-electron chi connectivity index (χ4n) is 3.37. The van der Waals surface area contributed by atoms with Crippen LogP contribution in [-0.2, 0) is 22.5 Å². The van der Waals surface area contributed by atoms with Crippen LogP contribution in [0.15, 0.2) is 69.4 Å². The molecule has 0 aliphatic carbocycles. The zero-order valence-electron chi connectivity index (χ0n) is 18.1. The molecule has 2 aromatic carbocycles. The van der Waals surface area contributed by atoms with Gasteiger partial charge in [0.25, 0.3) is 5.56 Å². The zero-order valence-corrected chi connectivity index (χ0v) is 19.7. The minimum Gasteiger partial charge on any atom is -0.462 e. The number of carbonyl (C=O) groups excluding carboxylic acids is 2.